The van der Waals surface area contributed by atoms with Gasteiger partial charge in [-0.25, -0.2) is 0 Å². The Morgan fingerprint density at radius 2 is 1.78 bits per heavy atom. The molecule has 0 spiro atoms. The quantitative estimate of drug-likeness (QED) is 0.748. The molecule has 8 heteroatoms. The van der Waals surface area contributed by atoms with Crippen molar-refractivity contribution in [2.45, 2.75) is 36.1 Å². The fraction of sp³-hybridized carbons (Fsp3) is 0.526. The number of aromatic nitrogens is 2. The van der Waals surface area contributed by atoms with Crippen LogP contribution in [0, 0.1) is 0 Å². The summed E-state index contributed by atoms with van der Waals surface area (Å²) in [5, 5.41) is 12.7. The van der Waals surface area contributed by atoms with Crippen LogP contribution >= 0.6 is 23.1 Å². The maximum Gasteiger partial charge on any atom is 0.230 e. The van der Waals surface area contributed by atoms with Crippen LogP contribution < -0.4 is 15.1 Å². The second-order valence-electron chi connectivity index (χ2n) is 7.00. The van der Waals surface area contributed by atoms with Gasteiger partial charge in [-0.2, -0.15) is 0 Å². The van der Waals surface area contributed by atoms with Gasteiger partial charge >= 0.3 is 0 Å². The molecule has 6 nitrogen and oxygen atoms in total. The van der Waals surface area contributed by atoms with E-state index in [0.29, 0.717) is 11.8 Å². The van der Waals surface area contributed by atoms with E-state index in [2.05, 4.69) is 49.6 Å². The molecule has 0 bridgehead atoms. The van der Waals surface area contributed by atoms with E-state index in [4.69, 9.17) is 0 Å². The van der Waals surface area contributed by atoms with Crippen molar-refractivity contribution in [3.63, 3.8) is 0 Å². The molecule has 1 saturated heterocycles. The topological polar surface area (TPSA) is 61.4 Å². The van der Waals surface area contributed by atoms with Crippen molar-refractivity contribution >= 4 is 39.8 Å². The largest absolute Gasteiger partial charge is 0.368 e. The number of hydrogen-bond donors (Lipinski definition) is 1. The maximum atomic E-state index is 12.1. The number of thioether (sulfide) groups is 1. The summed E-state index contributed by atoms with van der Waals surface area (Å²) in [4.78, 5) is 16.8. The van der Waals surface area contributed by atoms with Crippen LogP contribution in [0.15, 0.2) is 34.7 Å². The highest BCUT2D eigenvalue weighted by atomic mass is 32.2. The van der Waals surface area contributed by atoms with Gasteiger partial charge in [-0.1, -0.05) is 54.1 Å². The minimum atomic E-state index is 0.111. The number of para-hydroxylation sites is 1. The Morgan fingerprint density at radius 3 is 2.52 bits per heavy atom. The lowest BCUT2D eigenvalue weighted by molar-refractivity contribution is -0.119. The summed E-state index contributed by atoms with van der Waals surface area (Å²) >= 11 is 3.08. The Balaban J connectivity index is 1.24. The van der Waals surface area contributed by atoms with Gasteiger partial charge < -0.3 is 15.1 Å². The number of nitrogens with one attached hydrogen (secondary N) is 1. The second kappa shape index (κ2) is 8.93. The average Bonchev–Trinajstić information content (AvgIpc) is 3.39. The van der Waals surface area contributed by atoms with E-state index in [1.165, 1.54) is 30.3 Å². The van der Waals surface area contributed by atoms with Crippen molar-refractivity contribution in [3.05, 3.63) is 30.3 Å². The van der Waals surface area contributed by atoms with Gasteiger partial charge in [-0.05, 0) is 25.0 Å². The van der Waals surface area contributed by atoms with Crippen LogP contribution in [0.25, 0.3) is 0 Å². The van der Waals surface area contributed by atoms with Crippen molar-refractivity contribution in [1.29, 1.82) is 0 Å². The average molecular weight is 404 g/mol. The lowest BCUT2D eigenvalue weighted by Crippen LogP contribution is -2.46. The van der Waals surface area contributed by atoms with Crippen molar-refractivity contribution < 1.29 is 4.79 Å². The number of amides is 1. The number of benzene rings is 1. The van der Waals surface area contributed by atoms with Crippen molar-refractivity contribution in [2.75, 3.05) is 41.7 Å². The molecular weight excluding hydrogens is 378 g/mol. The molecular formula is C19H25N5OS2. The van der Waals surface area contributed by atoms with Crippen LogP contribution in [-0.2, 0) is 4.79 Å². The zero-order valence-electron chi connectivity index (χ0n) is 15.3. The number of rotatable bonds is 6. The Labute approximate surface area is 168 Å². The van der Waals surface area contributed by atoms with E-state index in [0.717, 1.165) is 48.5 Å². The first kappa shape index (κ1) is 18.6. The third-order valence-corrected chi connectivity index (χ3v) is 7.23. The highest BCUT2D eigenvalue weighted by molar-refractivity contribution is 8.01. The third kappa shape index (κ3) is 4.93. The van der Waals surface area contributed by atoms with E-state index >= 15 is 0 Å². The summed E-state index contributed by atoms with van der Waals surface area (Å²) in [6, 6.07) is 10.9. The van der Waals surface area contributed by atoms with Crippen LogP contribution in [0.1, 0.15) is 25.7 Å². The van der Waals surface area contributed by atoms with Gasteiger partial charge in [-0.15, -0.1) is 10.2 Å². The summed E-state index contributed by atoms with van der Waals surface area (Å²) < 4.78 is 0.872. The van der Waals surface area contributed by atoms with Gasteiger partial charge in [-0.3, -0.25) is 4.79 Å². The fourth-order valence-electron chi connectivity index (χ4n) is 3.65. The highest BCUT2D eigenvalue weighted by Gasteiger charge is 2.21. The molecule has 144 valence electrons. The third-order valence-electron chi connectivity index (χ3n) is 5.11. The smallest absolute Gasteiger partial charge is 0.230 e. The number of piperazine rings is 1. The molecule has 1 aromatic heterocycles. The van der Waals surface area contributed by atoms with Gasteiger partial charge in [0.25, 0.3) is 0 Å². The molecule has 0 radical (unpaired) electrons. The minimum absolute atomic E-state index is 0.111. The summed E-state index contributed by atoms with van der Waals surface area (Å²) in [6.45, 7) is 3.85. The summed E-state index contributed by atoms with van der Waals surface area (Å²) in [5.74, 6) is 0.535. The predicted octanol–water partition coefficient (Wildman–Crippen LogP) is 3.02. The standard InChI is InChI=1S/C19H25N5OS2/c25-17(20-15-6-4-5-7-15)14-26-19-22-21-18(27-19)24-12-10-23(11-13-24)16-8-2-1-3-9-16/h1-3,8-9,15H,4-7,10-14H2,(H,20,25). The molecule has 2 heterocycles. The first-order valence-corrected chi connectivity index (χ1v) is 11.4. The van der Waals surface area contributed by atoms with E-state index in [1.54, 1.807) is 11.3 Å². The zero-order valence-corrected chi connectivity index (χ0v) is 17.0. The van der Waals surface area contributed by atoms with Crippen LogP contribution in [0.3, 0.4) is 0 Å². The molecule has 4 rings (SSSR count). The van der Waals surface area contributed by atoms with Gasteiger partial charge in [0.2, 0.25) is 11.0 Å². The fourth-order valence-corrected chi connectivity index (χ4v) is 5.35. The molecule has 1 N–H and O–H groups in total. The van der Waals surface area contributed by atoms with Gasteiger partial charge in [0.05, 0.1) is 5.75 Å². The molecule has 1 amide bonds. The molecule has 27 heavy (non-hydrogen) atoms. The number of carbonyl (C=O) groups excluding carboxylic acids is 1. The van der Waals surface area contributed by atoms with E-state index in [9.17, 15) is 4.79 Å². The molecule has 1 aromatic carbocycles. The Bertz CT molecular complexity index is 740. The number of hydrogen-bond acceptors (Lipinski definition) is 7. The molecule has 2 aromatic rings. The summed E-state index contributed by atoms with van der Waals surface area (Å²) in [7, 11) is 0. The van der Waals surface area contributed by atoms with Crippen LogP contribution in [0.4, 0.5) is 10.8 Å². The van der Waals surface area contributed by atoms with Crippen LogP contribution in [0.5, 0.6) is 0 Å². The molecule has 2 fully saturated rings. The zero-order chi connectivity index (χ0) is 18.5. The Kier molecular flexibility index (Phi) is 6.14. The summed E-state index contributed by atoms with van der Waals surface area (Å²) in [5.41, 5.74) is 1.28. The molecule has 2 aliphatic rings. The number of carbonyl (C=O) groups is 1. The first-order valence-electron chi connectivity index (χ1n) is 9.58. The van der Waals surface area contributed by atoms with Gasteiger partial charge in [0.15, 0.2) is 4.34 Å². The minimum Gasteiger partial charge on any atom is -0.368 e. The lowest BCUT2D eigenvalue weighted by atomic mass is 10.2. The molecule has 1 aliphatic carbocycles. The van der Waals surface area contributed by atoms with E-state index < -0.39 is 0 Å². The molecule has 1 saturated carbocycles. The van der Waals surface area contributed by atoms with E-state index in [-0.39, 0.29) is 5.91 Å². The number of nitrogens with zero attached hydrogens (tertiary/aromatic N) is 4. The monoisotopic (exact) mass is 403 g/mol. The SMILES string of the molecule is O=C(CSc1nnc(N2CCN(c3ccccc3)CC2)s1)NC1CCCC1. The summed E-state index contributed by atoms with van der Waals surface area (Å²) in [6.07, 6.45) is 4.70. The van der Waals surface area contributed by atoms with Crippen molar-refractivity contribution in [2.24, 2.45) is 0 Å². The van der Waals surface area contributed by atoms with Crippen LogP contribution in [-0.4, -0.2) is 54.1 Å². The van der Waals surface area contributed by atoms with Gasteiger partial charge in [0.1, 0.15) is 0 Å². The number of anilines is 2. The van der Waals surface area contributed by atoms with Crippen LogP contribution in [0.2, 0.25) is 0 Å². The van der Waals surface area contributed by atoms with Gasteiger partial charge in [0, 0.05) is 37.9 Å². The molecule has 0 unspecified atom stereocenters. The van der Waals surface area contributed by atoms with Crippen molar-refractivity contribution in [3.8, 4) is 0 Å². The highest BCUT2D eigenvalue weighted by Crippen LogP contribution is 2.29. The second-order valence-corrected chi connectivity index (χ2v) is 9.18. The maximum absolute atomic E-state index is 12.1. The van der Waals surface area contributed by atoms with Crippen molar-refractivity contribution in [1.82, 2.24) is 15.5 Å². The normalized spacial score (nSPS) is 18.1. The molecule has 1 aliphatic heterocycles. The Morgan fingerprint density at radius 1 is 1.07 bits per heavy atom. The van der Waals surface area contributed by atoms with E-state index in [1.807, 2.05) is 6.07 Å². The predicted molar refractivity (Wildman–Crippen MR) is 112 cm³/mol. The lowest BCUT2D eigenvalue weighted by Gasteiger charge is -2.35. The molecule has 0 atom stereocenters. The Hall–Kier alpha value is -1.80. The first-order chi connectivity index (χ1) is 13.3.